The van der Waals surface area contributed by atoms with Crippen LogP contribution in [0.5, 0.6) is 0 Å². The minimum absolute atomic E-state index is 0.0180. The lowest BCUT2D eigenvalue weighted by molar-refractivity contribution is 0.205. The number of anilines is 1. The summed E-state index contributed by atoms with van der Waals surface area (Å²) in [5.41, 5.74) is 1.20. The highest BCUT2D eigenvalue weighted by atomic mass is 28.4. The Morgan fingerprint density at radius 1 is 1.19 bits per heavy atom. The summed E-state index contributed by atoms with van der Waals surface area (Å²) in [6.07, 6.45) is 4.06. The third kappa shape index (κ3) is 4.04. The van der Waals surface area contributed by atoms with Crippen LogP contribution < -0.4 is 10.5 Å². The van der Waals surface area contributed by atoms with Crippen molar-refractivity contribution in [3.05, 3.63) is 40.8 Å². The predicted molar refractivity (Wildman–Crippen MR) is 113 cm³/mol. The van der Waals surface area contributed by atoms with E-state index in [1.165, 1.54) is 18.5 Å². The molecule has 142 valence electrons. The molecule has 0 unspecified atom stereocenters. The summed E-state index contributed by atoms with van der Waals surface area (Å²) in [6, 6.07) is 8.12. The van der Waals surface area contributed by atoms with E-state index in [9.17, 15) is 4.79 Å². The number of hydrogen-bond donors (Lipinski definition) is 1. The van der Waals surface area contributed by atoms with Gasteiger partial charge in [-0.15, -0.1) is 0 Å². The van der Waals surface area contributed by atoms with E-state index in [4.69, 9.17) is 4.43 Å². The minimum atomic E-state index is -1.65. The fourth-order valence-corrected chi connectivity index (χ4v) is 4.36. The van der Waals surface area contributed by atoms with E-state index >= 15 is 0 Å². The number of nitrogens with one attached hydrogen (secondary N) is 1. The number of hydrogen-bond acceptors (Lipinski definition) is 3. The lowest BCUT2D eigenvalue weighted by Gasteiger charge is -2.39. The zero-order valence-corrected chi connectivity index (χ0v) is 17.8. The van der Waals surface area contributed by atoms with Gasteiger partial charge in [0.1, 0.15) is 0 Å². The number of piperidine rings is 1. The van der Waals surface area contributed by atoms with Crippen LogP contribution in [0, 0.1) is 5.92 Å². The molecular formula is C21H32N2O2Si. The Kier molecular flexibility index (Phi) is 5.31. The molecule has 1 fully saturated rings. The Hall–Kier alpha value is -1.59. The molecule has 1 aliphatic heterocycles. The summed E-state index contributed by atoms with van der Waals surface area (Å²) in [5, 5.41) is 2.04. The van der Waals surface area contributed by atoms with Gasteiger partial charge in [-0.2, -0.15) is 0 Å². The molecule has 1 aromatic carbocycles. The van der Waals surface area contributed by atoms with Crippen LogP contribution in [0.1, 0.15) is 33.6 Å². The van der Waals surface area contributed by atoms with Crippen LogP contribution in [0.3, 0.4) is 0 Å². The molecule has 2 heterocycles. The Balaban J connectivity index is 1.60. The van der Waals surface area contributed by atoms with Gasteiger partial charge in [-0.25, -0.2) is 0 Å². The van der Waals surface area contributed by atoms with Crippen molar-refractivity contribution in [3.63, 3.8) is 0 Å². The van der Waals surface area contributed by atoms with Crippen molar-refractivity contribution in [3.8, 4) is 0 Å². The van der Waals surface area contributed by atoms with Gasteiger partial charge in [0, 0.05) is 37.0 Å². The van der Waals surface area contributed by atoms with E-state index in [-0.39, 0.29) is 10.6 Å². The Labute approximate surface area is 157 Å². The van der Waals surface area contributed by atoms with Crippen molar-refractivity contribution >= 4 is 24.8 Å². The summed E-state index contributed by atoms with van der Waals surface area (Å²) in [4.78, 5) is 17.0. The van der Waals surface area contributed by atoms with E-state index < -0.39 is 8.32 Å². The van der Waals surface area contributed by atoms with Crippen molar-refractivity contribution in [2.24, 2.45) is 5.92 Å². The fraction of sp³-hybridized carbons (Fsp3) is 0.571. The smallest absolute Gasteiger partial charge is 0.255 e. The third-order valence-corrected chi connectivity index (χ3v) is 10.7. The van der Waals surface area contributed by atoms with E-state index in [1.54, 1.807) is 6.20 Å². The Bertz CT molecular complexity index is 815. The molecule has 3 rings (SSSR count). The van der Waals surface area contributed by atoms with Gasteiger partial charge < -0.3 is 14.3 Å². The van der Waals surface area contributed by atoms with Gasteiger partial charge in [-0.3, -0.25) is 4.79 Å². The van der Waals surface area contributed by atoms with Gasteiger partial charge in [-0.05, 0) is 66.5 Å². The summed E-state index contributed by atoms with van der Waals surface area (Å²) < 4.78 is 6.43. The van der Waals surface area contributed by atoms with Crippen molar-refractivity contribution in [1.82, 2.24) is 4.98 Å². The van der Waals surface area contributed by atoms with Crippen LogP contribution in [0.25, 0.3) is 10.8 Å². The third-order valence-electron chi connectivity index (χ3n) is 6.22. The highest BCUT2D eigenvalue weighted by molar-refractivity contribution is 6.74. The zero-order chi connectivity index (χ0) is 18.9. The topological polar surface area (TPSA) is 45.3 Å². The average Bonchev–Trinajstić information content (AvgIpc) is 2.59. The molecule has 1 aliphatic rings. The maximum Gasteiger partial charge on any atom is 0.255 e. The average molecular weight is 373 g/mol. The second kappa shape index (κ2) is 7.20. The van der Waals surface area contributed by atoms with Crippen molar-refractivity contribution in [1.29, 1.82) is 0 Å². The monoisotopic (exact) mass is 372 g/mol. The van der Waals surface area contributed by atoms with E-state index in [0.717, 1.165) is 30.5 Å². The molecule has 4 nitrogen and oxygen atoms in total. The molecule has 0 amide bonds. The normalized spacial score (nSPS) is 17.0. The summed E-state index contributed by atoms with van der Waals surface area (Å²) >= 11 is 0. The van der Waals surface area contributed by atoms with Gasteiger partial charge >= 0.3 is 0 Å². The molecule has 0 atom stereocenters. The molecule has 1 saturated heterocycles. The molecule has 26 heavy (non-hydrogen) atoms. The molecule has 0 radical (unpaired) electrons. The van der Waals surface area contributed by atoms with Gasteiger partial charge in [0.15, 0.2) is 8.32 Å². The number of benzene rings is 1. The molecule has 0 bridgehead atoms. The highest BCUT2D eigenvalue weighted by Gasteiger charge is 2.37. The summed E-state index contributed by atoms with van der Waals surface area (Å²) in [5.74, 6) is 0.656. The van der Waals surface area contributed by atoms with E-state index in [2.05, 4.69) is 55.9 Å². The number of pyridine rings is 1. The van der Waals surface area contributed by atoms with Crippen LogP contribution in [-0.2, 0) is 4.43 Å². The van der Waals surface area contributed by atoms with Gasteiger partial charge in [0.05, 0.1) is 0 Å². The molecule has 0 spiro atoms. The number of H-pyrrole nitrogens is 1. The SMILES string of the molecule is CC(C)(C)[Si](C)(C)OCC1CCN(c2ccc3c(=O)[nH]ccc3c2)CC1. The lowest BCUT2D eigenvalue weighted by Crippen LogP contribution is -2.43. The first kappa shape index (κ1) is 19.2. The largest absolute Gasteiger partial charge is 0.417 e. The van der Waals surface area contributed by atoms with E-state index in [0.29, 0.717) is 5.92 Å². The molecule has 0 aliphatic carbocycles. The summed E-state index contributed by atoms with van der Waals surface area (Å²) in [7, 11) is -1.65. The van der Waals surface area contributed by atoms with Gasteiger partial charge in [0.25, 0.3) is 5.56 Å². The van der Waals surface area contributed by atoms with Crippen LogP contribution >= 0.6 is 0 Å². The van der Waals surface area contributed by atoms with Crippen LogP contribution in [0.2, 0.25) is 18.1 Å². The highest BCUT2D eigenvalue weighted by Crippen LogP contribution is 2.37. The second-order valence-corrected chi connectivity index (χ2v) is 13.9. The van der Waals surface area contributed by atoms with Crippen LogP contribution in [-0.4, -0.2) is 33.0 Å². The maximum atomic E-state index is 11.9. The molecule has 2 aromatic rings. The molecule has 5 heteroatoms. The van der Waals surface area contributed by atoms with E-state index in [1.807, 2.05) is 12.1 Å². The zero-order valence-electron chi connectivity index (χ0n) is 16.8. The van der Waals surface area contributed by atoms with Crippen molar-refractivity contribution < 1.29 is 4.43 Å². The first-order valence-corrected chi connectivity index (χ1v) is 12.6. The molecule has 1 N–H and O–H groups in total. The first-order chi connectivity index (χ1) is 12.2. The lowest BCUT2D eigenvalue weighted by atomic mass is 9.97. The quantitative estimate of drug-likeness (QED) is 0.787. The number of aromatic nitrogens is 1. The second-order valence-electron chi connectivity index (χ2n) is 9.08. The van der Waals surface area contributed by atoms with Crippen LogP contribution in [0.15, 0.2) is 35.3 Å². The Morgan fingerprint density at radius 2 is 1.88 bits per heavy atom. The molecule has 0 saturated carbocycles. The minimum Gasteiger partial charge on any atom is -0.417 e. The fourth-order valence-electron chi connectivity index (χ4n) is 3.28. The van der Waals surface area contributed by atoms with Gasteiger partial charge in [-0.1, -0.05) is 20.8 Å². The Morgan fingerprint density at radius 3 is 2.54 bits per heavy atom. The predicted octanol–water partition coefficient (Wildman–Crippen LogP) is 4.77. The van der Waals surface area contributed by atoms with Crippen molar-refractivity contribution in [2.45, 2.75) is 51.7 Å². The number of nitrogens with zero attached hydrogens (tertiary/aromatic N) is 1. The van der Waals surface area contributed by atoms with Crippen LogP contribution in [0.4, 0.5) is 5.69 Å². The number of aromatic amines is 1. The van der Waals surface area contributed by atoms with Crippen molar-refractivity contribution in [2.75, 3.05) is 24.6 Å². The maximum absolute atomic E-state index is 11.9. The van der Waals surface area contributed by atoms with Gasteiger partial charge in [0.2, 0.25) is 0 Å². The first-order valence-electron chi connectivity index (χ1n) is 9.68. The molecule has 1 aromatic heterocycles. The standard InChI is InChI=1S/C21H32N2O2Si/c1-21(2,3)26(4,5)25-15-16-9-12-23(13-10-16)18-6-7-19-17(14-18)8-11-22-20(19)24/h6-8,11,14,16H,9-10,12-13,15H2,1-5H3,(H,22,24). The molecular weight excluding hydrogens is 340 g/mol. The number of rotatable bonds is 4. The number of fused-ring (bicyclic) bond motifs is 1. The summed E-state index contributed by atoms with van der Waals surface area (Å²) in [6.45, 7) is 14.6.